The third kappa shape index (κ3) is 6.72. The van der Waals surface area contributed by atoms with Crippen molar-refractivity contribution in [3.05, 3.63) is 65.5 Å². The molecule has 7 rings (SSSR count). The summed E-state index contributed by atoms with van der Waals surface area (Å²) in [6.45, 7) is -0.256. The van der Waals surface area contributed by atoms with Crippen molar-refractivity contribution in [1.82, 2.24) is 14.9 Å². The molecule has 1 aliphatic heterocycles. The Morgan fingerprint density at radius 2 is 1.55 bits per heavy atom. The minimum atomic E-state index is -4.17. The molecular weight excluding hydrogens is 655 g/mol. The van der Waals surface area contributed by atoms with E-state index in [1.165, 1.54) is 30.3 Å². The van der Waals surface area contributed by atoms with Gasteiger partial charge in [0, 0.05) is 24.5 Å². The average Bonchev–Trinajstić information content (AvgIpc) is 3.02. The maximum atomic E-state index is 15.7. The van der Waals surface area contributed by atoms with Gasteiger partial charge in [-0.2, -0.15) is 4.72 Å². The van der Waals surface area contributed by atoms with Crippen LogP contribution in [0.4, 0.5) is 10.1 Å². The van der Waals surface area contributed by atoms with Crippen molar-refractivity contribution >= 4 is 45.2 Å². The maximum Gasteiger partial charge on any atom is 0.322 e. The third-order valence-corrected chi connectivity index (χ3v) is 11.4. The van der Waals surface area contributed by atoms with E-state index in [-0.39, 0.29) is 23.2 Å². The van der Waals surface area contributed by atoms with Gasteiger partial charge in [0.2, 0.25) is 21.5 Å². The Labute approximate surface area is 284 Å². The number of hydrogen-bond acceptors (Lipinski definition) is 7. The quantitative estimate of drug-likeness (QED) is 0.336. The first-order valence-corrected chi connectivity index (χ1v) is 18.4. The van der Waals surface area contributed by atoms with Gasteiger partial charge in [0.25, 0.3) is 11.8 Å². The summed E-state index contributed by atoms with van der Waals surface area (Å²) >= 11 is 0. The van der Waals surface area contributed by atoms with Gasteiger partial charge in [0.15, 0.2) is 5.78 Å². The molecule has 3 N–H and O–H groups in total. The predicted octanol–water partition coefficient (Wildman–Crippen LogP) is 3.22. The molecule has 1 heterocycles. The summed E-state index contributed by atoms with van der Waals surface area (Å²) in [6, 6.07) is 11.8. The summed E-state index contributed by atoms with van der Waals surface area (Å²) in [7, 11) is -4.17. The van der Waals surface area contributed by atoms with Crippen LogP contribution >= 0.6 is 0 Å². The van der Waals surface area contributed by atoms with Gasteiger partial charge in [-0.25, -0.2) is 12.8 Å². The Kier molecular flexibility index (Phi) is 9.16. The number of carbonyl (C=O) groups is 5. The normalized spacial score (nSPS) is 29.5. The molecule has 3 amide bonds. The Morgan fingerprint density at radius 1 is 0.959 bits per heavy atom. The molecular formula is C35H41FN4O8S. The van der Waals surface area contributed by atoms with E-state index in [1.807, 2.05) is 0 Å². The number of hydrogen-bond donors (Lipinski definition) is 3. The summed E-state index contributed by atoms with van der Waals surface area (Å²) in [5.74, 6) is -4.67. The van der Waals surface area contributed by atoms with Gasteiger partial charge in [-0.1, -0.05) is 30.3 Å². The van der Waals surface area contributed by atoms with Crippen molar-refractivity contribution in [3.63, 3.8) is 0 Å². The SMILES string of the molecule is CC(=O)N1[C@@H](NS(C)(=O)=O)CC(=O)c2ccccc2N(Cc2ccccc2F)C(=O)[C@@]1(CC12CC3CC(CC(C3)C1)C2)C(=O)NCC(=O)O. The number of halogens is 1. The zero-order chi connectivity index (χ0) is 35.3. The number of nitrogens with one attached hydrogen (secondary N) is 2. The van der Waals surface area contributed by atoms with Crippen LogP contribution in [0, 0.1) is 29.0 Å². The minimum Gasteiger partial charge on any atom is -0.480 e. The maximum absolute atomic E-state index is 15.7. The van der Waals surface area contributed by atoms with Crippen molar-refractivity contribution < 1.29 is 41.9 Å². The van der Waals surface area contributed by atoms with E-state index in [4.69, 9.17) is 0 Å². The molecule has 262 valence electrons. The monoisotopic (exact) mass is 696 g/mol. The molecule has 2 atom stereocenters. The highest BCUT2D eigenvalue weighted by Gasteiger charge is 2.63. The van der Waals surface area contributed by atoms with E-state index in [0.29, 0.717) is 37.0 Å². The molecule has 2 aromatic rings. The van der Waals surface area contributed by atoms with Gasteiger partial charge in [-0.3, -0.25) is 24.0 Å². The fourth-order valence-electron chi connectivity index (χ4n) is 9.61. The number of ketones is 1. The number of aliphatic carboxylic acids is 1. The van der Waals surface area contributed by atoms with Crippen molar-refractivity contribution in [1.29, 1.82) is 0 Å². The second-order valence-electron chi connectivity index (χ2n) is 14.5. The number of nitrogens with zero attached hydrogens (tertiary/aromatic N) is 2. The third-order valence-electron chi connectivity index (χ3n) is 10.7. The summed E-state index contributed by atoms with van der Waals surface area (Å²) in [5, 5.41) is 12.0. The number of Topliss-reactive ketones (excluding diaryl/α,β-unsaturated/α-hetero) is 1. The zero-order valence-electron chi connectivity index (χ0n) is 27.5. The molecule has 0 unspecified atom stereocenters. The van der Waals surface area contributed by atoms with E-state index in [9.17, 15) is 32.7 Å². The molecule has 49 heavy (non-hydrogen) atoms. The number of benzene rings is 2. The van der Waals surface area contributed by atoms with Crippen molar-refractivity contribution in [2.75, 3.05) is 17.7 Å². The number of amides is 3. The summed E-state index contributed by atoms with van der Waals surface area (Å²) in [5.41, 5.74) is -3.06. The second-order valence-corrected chi connectivity index (χ2v) is 16.2. The van der Waals surface area contributed by atoms with Crippen molar-refractivity contribution in [3.8, 4) is 0 Å². The largest absolute Gasteiger partial charge is 0.480 e. The predicted molar refractivity (Wildman–Crippen MR) is 176 cm³/mol. The molecule has 14 heteroatoms. The lowest BCUT2D eigenvalue weighted by Crippen LogP contribution is -2.74. The minimum absolute atomic E-state index is 0.00698. The number of carbonyl (C=O) groups excluding carboxylic acids is 4. The van der Waals surface area contributed by atoms with Crippen LogP contribution in [0.1, 0.15) is 74.2 Å². The Bertz CT molecular complexity index is 1780. The molecule has 0 aromatic heterocycles. The van der Waals surface area contributed by atoms with Gasteiger partial charge >= 0.3 is 5.97 Å². The lowest BCUT2D eigenvalue weighted by molar-refractivity contribution is -0.166. The van der Waals surface area contributed by atoms with Crippen LogP contribution in [0.25, 0.3) is 0 Å². The van der Waals surface area contributed by atoms with Crippen LogP contribution in [0.2, 0.25) is 0 Å². The highest BCUT2D eigenvalue weighted by atomic mass is 32.2. The highest BCUT2D eigenvalue weighted by Crippen LogP contribution is 2.63. The van der Waals surface area contributed by atoms with Gasteiger partial charge in [-0.15, -0.1) is 0 Å². The Hall–Kier alpha value is -4.17. The Balaban J connectivity index is 1.64. The average molecular weight is 697 g/mol. The highest BCUT2D eigenvalue weighted by molar-refractivity contribution is 7.88. The number of carboxylic acids is 1. The van der Waals surface area contributed by atoms with Gasteiger partial charge < -0.3 is 20.2 Å². The molecule has 4 aliphatic carbocycles. The molecule has 4 fully saturated rings. The van der Waals surface area contributed by atoms with Gasteiger partial charge in [0.1, 0.15) is 18.5 Å². The molecule has 0 saturated heterocycles. The van der Waals surface area contributed by atoms with Crippen LogP contribution in [-0.2, 0) is 35.7 Å². The zero-order valence-corrected chi connectivity index (χ0v) is 28.3. The van der Waals surface area contributed by atoms with Crippen LogP contribution in [0.15, 0.2) is 48.5 Å². The van der Waals surface area contributed by atoms with Crippen molar-refractivity contribution in [2.45, 2.75) is 76.5 Å². The number of carboxylic acid groups (broad SMARTS) is 1. The first kappa shape index (κ1) is 34.7. The van der Waals surface area contributed by atoms with Gasteiger partial charge in [-0.05, 0) is 86.3 Å². The van der Waals surface area contributed by atoms with E-state index in [1.54, 1.807) is 18.2 Å². The van der Waals surface area contributed by atoms with Crippen LogP contribution in [-0.4, -0.2) is 72.4 Å². The fraction of sp³-hybridized carbons (Fsp3) is 0.514. The molecule has 0 radical (unpaired) electrons. The molecule has 12 nitrogen and oxygen atoms in total. The number of para-hydroxylation sites is 1. The van der Waals surface area contributed by atoms with Crippen LogP contribution < -0.4 is 14.9 Å². The summed E-state index contributed by atoms with van der Waals surface area (Å²) < 4.78 is 43.4. The molecule has 4 bridgehead atoms. The fourth-order valence-corrected chi connectivity index (χ4v) is 10.3. The van der Waals surface area contributed by atoms with E-state index >= 15 is 9.18 Å². The molecule has 5 aliphatic rings. The second kappa shape index (κ2) is 12.9. The number of anilines is 1. The molecule has 0 spiro atoms. The number of fused-ring (bicyclic) bond motifs is 1. The van der Waals surface area contributed by atoms with Crippen molar-refractivity contribution in [2.24, 2.45) is 23.2 Å². The molecule has 2 aromatic carbocycles. The van der Waals surface area contributed by atoms with Crippen LogP contribution in [0.5, 0.6) is 0 Å². The lowest BCUT2D eigenvalue weighted by Gasteiger charge is -2.60. The lowest BCUT2D eigenvalue weighted by atomic mass is 9.47. The standard InChI is InChI=1S/C35H41FN4O8S/c1-21(41)40-30(38-49(2,47)48)14-29(42)26-8-4-6-10-28(26)39(19-25-7-3-5-9-27(25)36)33(46)35(40,32(45)37-18-31(43)44)20-34-15-22-11-23(16-34)13-24(12-22)17-34/h3-10,22-24,30,38H,11-20H2,1-2H3,(H,37,45)(H,43,44)/t22?,23?,24?,30-,34?,35-/m1/s1. The Morgan fingerprint density at radius 3 is 2.12 bits per heavy atom. The topological polar surface area (TPSA) is 170 Å². The van der Waals surface area contributed by atoms with E-state index in [0.717, 1.165) is 42.2 Å². The first-order chi connectivity index (χ1) is 23.1. The first-order valence-electron chi connectivity index (χ1n) is 16.6. The van der Waals surface area contributed by atoms with Gasteiger partial charge in [0.05, 0.1) is 18.5 Å². The summed E-state index contributed by atoms with van der Waals surface area (Å²) in [6.07, 6.45) is 3.31. The number of rotatable bonds is 9. The van der Waals surface area contributed by atoms with E-state index < -0.39 is 81.9 Å². The smallest absolute Gasteiger partial charge is 0.322 e. The van der Waals surface area contributed by atoms with E-state index in [2.05, 4.69) is 10.0 Å². The van der Waals surface area contributed by atoms with Crippen LogP contribution in [0.3, 0.4) is 0 Å². The number of sulfonamides is 1. The molecule has 4 saturated carbocycles. The summed E-state index contributed by atoms with van der Waals surface area (Å²) in [4.78, 5) is 72.5.